The number of rotatable bonds is 5. The number of anilines is 1. The number of aromatic nitrogens is 5. The summed E-state index contributed by atoms with van der Waals surface area (Å²) in [5.41, 5.74) is 2.58. The predicted octanol–water partition coefficient (Wildman–Crippen LogP) is 1.72. The molecule has 1 amide bonds. The molecule has 0 aliphatic carbocycles. The molecule has 7 nitrogen and oxygen atoms in total. The Morgan fingerprint density at radius 1 is 1.26 bits per heavy atom. The Labute approximate surface area is 133 Å². The number of carbonyl (C=O) groups excluding carboxylic acids is 1. The van der Waals surface area contributed by atoms with Crippen molar-refractivity contribution in [3.8, 4) is 5.69 Å². The van der Waals surface area contributed by atoms with Crippen molar-refractivity contribution in [1.29, 1.82) is 0 Å². The molecule has 1 aromatic carbocycles. The van der Waals surface area contributed by atoms with Gasteiger partial charge in [-0.15, -0.1) is 5.10 Å². The van der Waals surface area contributed by atoms with Crippen LogP contribution in [0.15, 0.2) is 61.6 Å². The minimum absolute atomic E-state index is 0.167. The Balaban J connectivity index is 1.89. The third kappa shape index (κ3) is 3.03. The summed E-state index contributed by atoms with van der Waals surface area (Å²) in [6.07, 6.45) is 6.39. The van der Waals surface area contributed by atoms with Gasteiger partial charge in [-0.1, -0.05) is 11.8 Å². The van der Waals surface area contributed by atoms with Crippen molar-refractivity contribution >= 4 is 11.6 Å². The van der Waals surface area contributed by atoms with Gasteiger partial charge in [-0.25, -0.2) is 4.68 Å². The Bertz CT molecular complexity index is 803. The summed E-state index contributed by atoms with van der Waals surface area (Å²) >= 11 is 0. The molecule has 7 heteroatoms. The van der Waals surface area contributed by atoms with Crippen molar-refractivity contribution in [3.63, 3.8) is 0 Å². The summed E-state index contributed by atoms with van der Waals surface area (Å²) in [5.74, 6) is -0.167. The molecule has 3 aromatic rings. The molecular weight excluding hydrogens is 292 g/mol. The lowest BCUT2D eigenvalue weighted by molar-refractivity contribution is -0.114. The summed E-state index contributed by atoms with van der Waals surface area (Å²) < 4.78 is 3.40. The van der Waals surface area contributed by atoms with Gasteiger partial charge in [-0.3, -0.25) is 9.48 Å². The normalized spacial score (nSPS) is 10.5. The van der Waals surface area contributed by atoms with Gasteiger partial charge in [-0.05, 0) is 36.4 Å². The monoisotopic (exact) mass is 308 g/mol. The van der Waals surface area contributed by atoms with Gasteiger partial charge < -0.3 is 4.90 Å². The van der Waals surface area contributed by atoms with E-state index in [0.29, 0.717) is 6.54 Å². The SMILES string of the molecule is C=CC(=O)N(Cc1ccnn1C)c1ccc(-n2ccnn2)cc1. The molecule has 2 aromatic heterocycles. The van der Waals surface area contributed by atoms with Crippen molar-refractivity contribution < 1.29 is 4.79 Å². The van der Waals surface area contributed by atoms with Gasteiger partial charge in [0, 0.05) is 18.9 Å². The number of carbonyl (C=O) groups is 1. The maximum atomic E-state index is 12.2. The average molecular weight is 308 g/mol. The van der Waals surface area contributed by atoms with Crippen LogP contribution in [0.3, 0.4) is 0 Å². The highest BCUT2D eigenvalue weighted by atomic mass is 16.2. The second-order valence-corrected chi connectivity index (χ2v) is 4.94. The lowest BCUT2D eigenvalue weighted by atomic mass is 10.2. The van der Waals surface area contributed by atoms with Gasteiger partial charge in [0.1, 0.15) is 0 Å². The molecule has 0 saturated heterocycles. The van der Waals surface area contributed by atoms with Crippen LogP contribution in [0.2, 0.25) is 0 Å². The van der Waals surface area contributed by atoms with Crippen LogP contribution >= 0.6 is 0 Å². The van der Waals surface area contributed by atoms with Crippen LogP contribution in [0.5, 0.6) is 0 Å². The maximum Gasteiger partial charge on any atom is 0.250 e. The van der Waals surface area contributed by atoms with E-state index in [2.05, 4.69) is 22.0 Å². The molecule has 0 saturated carbocycles. The molecule has 23 heavy (non-hydrogen) atoms. The van der Waals surface area contributed by atoms with E-state index in [1.165, 1.54) is 6.08 Å². The zero-order valence-electron chi connectivity index (χ0n) is 12.7. The van der Waals surface area contributed by atoms with E-state index in [9.17, 15) is 4.79 Å². The number of amides is 1. The standard InChI is InChI=1S/C16H16N6O/c1-3-16(23)21(12-15-8-9-18-20(15)2)13-4-6-14(7-5-13)22-11-10-17-19-22/h3-11H,1,12H2,2H3. The Hall–Kier alpha value is -3.22. The second kappa shape index (κ2) is 6.27. The van der Waals surface area contributed by atoms with Gasteiger partial charge in [-0.2, -0.15) is 5.10 Å². The molecule has 0 fully saturated rings. The Morgan fingerprint density at radius 2 is 2.04 bits per heavy atom. The van der Waals surface area contributed by atoms with Gasteiger partial charge in [0.25, 0.3) is 5.91 Å². The van der Waals surface area contributed by atoms with Crippen molar-refractivity contribution in [2.45, 2.75) is 6.54 Å². The summed E-state index contributed by atoms with van der Waals surface area (Å²) in [6, 6.07) is 9.39. The highest BCUT2D eigenvalue weighted by Gasteiger charge is 2.15. The second-order valence-electron chi connectivity index (χ2n) is 4.94. The average Bonchev–Trinajstić information content (AvgIpc) is 3.24. The number of hydrogen-bond donors (Lipinski definition) is 0. The molecule has 0 bridgehead atoms. The smallest absolute Gasteiger partial charge is 0.250 e. The number of hydrogen-bond acceptors (Lipinski definition) is 4. The fourth-order valence-corrected chi connectivity index (χ4v) is 2.26. The van der Waals surface area contributed by atoms with Crippen molar-refractivity contribution in [2.75, 3.05) is 4.90 Å². The summed E-state index contributed by atoms with van der Waals surface area (Å²) in [4.78, 5) is 13.9. The molecule has 3 rings (SSSR count). The number of aryl methyl sites for hydroxylation is 1. The van der Waals surface area contributed by atoms with E-state index < -0.39 is 0 Å². The molecule has 0 N–H and O–H groups in total. The lowest BCUT2D eigenvalue weighted by Gasteiger charge is -2.21. The van der Waals surface area contributed by atoms with Crippen LogP contribution in [0.1, 0.15) is 5.69 Å². The summed E-state index contributed by atoms with van der Waals surface area (Å²) in [6.45, 7) is 4.00. The molecule has 116 valence electrons. The highest BCUT2D eigenvalue weighted by molar-refractivity contribution is 6.00. The van der Waals surface area contributed by atoms with E-state index >= 15 is 0 Å². The van der Waals surface area contributed by atoms with Crippen molar-refractivity contribution in [3.05, 3.63) is 67.3 Å². The molecule has 2 heterocycles. The van der Waals surface area contributed by atoms with Gasteiger partial charge in [0.2, 0.25) is 0 Å². The topological polar surface area (TPSA) is 68.8 Å². The predicted molar refractivity (Wildman–Crippen MR) is 86.0 cm³/mol. The van der Waals surface area contributed by atoms with Crippen LogP contribution in [-0.2, 0) is 18.4 Å². The molecular formula is C16H16N6O. The first-order valence-corrected chi connectivity index (χ1v) is 7.06. The molecule has 0 atom stereocenters. The minimum atomic E-state index is -0.167. The van der Waals surface area contributed by atoms with Gasteiger partial charge in [0.15, 0.2) is 0 Å². The van der Waals surface area contributed by atoms with Crippen LogP contribution < -0.4 is 4.90 Å². The third-order valence-electron chi connectivity index (χ3n) is 3.53. The first-order valence-electron chi connectivity index (χ1n) is 7.06. The summed E-state index contributed by atoms with van der Waals surface area (Å²) in [7, 11) is 1.85. The Kier molecular flexibility index (Phi) is 4.01. The van der Waals surface area contributed by atoms with Gasteiger partial charge in [0.05, 0.1) is 30.3 Å². The summed E-state index contributed by atoms with van der Waals surface area (Å²) in [5, 5.41) is 11.9. The molecule has 0 aliphatic heterocycles. The quantitative estimate of drug-likeness (QED) is 0.673. The van der Waals surface area contributed by atoms with E-state index in [1.807, 2.05) is 37.4 Å². The molecule has 0 aliphatic rings. The largest absolute Gasteiger partial charge is 0.303 e. The first kappa shape index (κ1) is 14.7. The Morgan fingerprint density at radius 3 is 2.61 bits per heavy atom. The fourth-order valence-electron chi connectivity index (χ4n) is 2.26. The van der Waals surface area contributed by atoms with Crippen molar-refractivity contribution in [1.82, 2.24) is 24.8 Å². The zero-order chi connectivity index (χ0) is 16.2. The van der Waals surface area contributed by atoms with E-state index in [0.717, 1.165) is 17.1 Å². The number of nitrogens with zero attached hydrogens (tertiary/aromatic N) is 6. The maximum absolute atomic E-state index is 12.2. The molecule has 0 spiro atoms. The minimum Gasteiger partial charge on any atom is -0.303 e. The van der Waals surface area contributed by atoms with Crippen LogP contribution in [0, 0.1) is 0 Å². The van der Waals surface area contributed by atoms with Gasteiger partial charge >= 0.3 is 0 Å². The zero-order valence-corrected chi connectivity index (χ0v) is 12.7. The van der Waals surface area contributed by atoms with E-state index in [4.69, 9.17) is 0 Å². The third-order valence-corrected chi connectivity index (χ3v) is 3.53. The molecule has 0 unspecified atom stereocenters. The van der Waals surface area contributed by atoms with E-state index in [1.54, 1.807) is 32.9 Å². The van der Waals surface area contributed by atoms with E-state index in [-0.39, 0.29) is 5.91 Å². The number of benzene rings is 1. The lowest BCUT2D eigenvalue weighted by Crippen LogP contribution is -2.29. The van der Waals surface area contributed by atoms with Crippen LogP contribution in [-0.4, -0.2) is 30.7 Å². The highest BCUT2D eigenvalue weighted by Crippen LogP contribution is 2.20. The first-order chi connectivity index (χ1) is 11.2. The van der Waals surface area contributed by atoms with Crippen LogP contribution in [0.25, 0.3) is 5.69 Å². The fraction of sp³-hybridized carbons (Fsp3) is 0.125. The van der Waals surface area contributed by atoms with Crippen molar-refractivity contribution in [2.24, 2.45) is 7.05 Å². The molecule has 0 radical (unpaired) electrons. The van der Waals surface area contributed by atoms with Crippen LogP contribution in [0.4, 0.5) is 5.69 Å².